The zero-order valence-corrected chi connectivity index (χ0v) is 9.67. The highest BCUT2D eigenvalue weighted by Gasteiger charge is 2.30. The van der Waals surface area contributed by atoms with E-state index in [0.717, 1.165) is 17.9 Å². The van der Waals surface area contributed by atoms with Gasteiger partial charge in [0.2, 0.25) is 0 Å². The zero-order chi connectivity index (χ0) is 11.1. The van der Waals surface area contributed by atoms with Crippen LogP contribution in [0.3, 0.4) is 0 Å². The van der Waals surface area contributed by atoms with E-state index in [0.29, 0.717) is 5.41 Å². The van der Waals surface area contributed by atoms with Crippen molar-refractivity contribution in [1.82, 2.24) is 0 Å². The molecule has 0 aliphatic heterocycles. The molecule has 1 heteroatoms. The second-order valence-corrected chi connectivity index (χ2v) is 5.57. The van der Waals surface area contributed by atoms with Crippen LogP contribution >= 0.6 is 0 Å². The van der Waals surface area contributed by atoms with E-state index in [4.69, 9.17) is 5.26 Å². The molecule has 1 atom stereocenters. The summed E-state index contributed by atoms with van der Waals surface area (Å²) in [5.41, 5.74) is 3.98. The maximum absolute atomic E-state index is 8.84. The Balaban J connectivity index is 2.29. The number of benzene rings is 1. The van der Waals surface area contributed by atoms with Crippen molar-refractivity contribution in [3.8, 4) is 6.07 Å². The molecule has 1 aliphatic carbocycles. The van der Waals surface area contributed by atoms with Gasteiger partial charge in [-0.3, -0.25) is 0 Å². The molecule has 1 unspecified atom stereocenters. The smallest absolute Gasteiger partial charge is 0.0991 e. The number of hydrogen-bond donors (Lipinski definition) is 0. The summed E-state index contributed by atoms with van der Waals surface area (Å²) < 4.78 is 0. The average Bonchev–Trinajstić information content (AvgIpc) is 2.59. The molecular weight excluding hydrogens is 182 g/mol. The molecule has 0 heterocycles. The molecule has 1 aromatic rings. The van der Waals surface area contributed by atoms with Crippen molar-refractivity contribution in [2.24, 2.45) is 11.3 Å². The summed E-state index contributed by atoms with van der Waals surface area (Å²) in [4.78, 5) is 0. The lowest BCUT2D eigenvalue weighted by molar-refractivity contribution is 0.251. The maximum Gasteiger partial charge on any atom is 0.0991 e. The van der Waals surface area contributed by atoms with Crippen LogP contribution in [0.4, 0.5) is 0 Å². The number of nitriles is 1. The Labute approximate surface area is 91.7 Å². The first-order valence-electron chi connectivity index (χ1n) is 5.52. The highest BCUT2D eigenvalue weighted by molar-refractivity contribution is 5.41. The van der Waals surface area contributed by atoms with E-state index in [1.165, 1.54) is 17.5 Å². The fraction of sp³-hybridized carbons (Fsp3) is 0.500. The summed E-state index contributed by atoms with van der Waals surface area (Å²) in [6.45, 7) is 6.90. The van der Waals surface area contributed by atoms with Crippen LogP contribution in [0.25, 0.3) is 0 Å². The number of rotatable bonds is 0. The van der Waals surface area contributed by atoms with Gasteiger partial charge >= 0.3 is 0 Å². The summed E-state index contributed by atoms with van der Waals surface area (Å²) in [6, 6.07) is 8.33. The molecule has 0 radical (unpaired) electrons. The number of fused-ring (bicyclic) bond motifs is 1. The quantitative estimate of drug-likeness (QED) is 0.628. The average molecular weight is 199 g/mol. The molecule has 1 aliphatic rings. The van der Waals surface area contributed by atoms with Gasteiger partial charge in [-0.05, 0) is 47.4 Å². The van der Waals surface area contributed by atoms with E-state index in [9.17, 15) is 0 Å². The van der Waals surface area contributed by atoms with Gasteiger partial charge in [-0.25, -0.2) is 0 Å². The van der Waals surface area contributed by atoms with Crippen LogP contribution in [0.5, 0.6) is 0 Å². The summed E-state index contributed by atoms with van der Waals surface area (Å²) in [5.74, 6) is 0.724. The molecule has 15 heavy (non-hydrogen) atoms. The number of nitrogens with zero attached hydrogens (tertiary/aromatic N) is 1. The molecule has 1 aromatic carbocycles. The molecule has 78 valence electrons. The Hall–Kier alpha value is -1.29. The minimum Gasteiger partial charge on any atom is -0.192 e. The first-order chi connectivity index (χ1) is 7.00. The standard InChI is InChI=1S/C14H17N/c1-14(2,3)13-7-11-5-4-10(9-15)6-12(11)8-13/h4-6,13H,7-8H2,1-3H3. The minimum atomic E-state index is 0.367. The first-order valence-corrected chi connectivity index (χ1v) is 5.52. The molecule has 0 saturated heterocycles. The molecule has 0 aromatic heterocycles. The fourth-order valence-electron chi connectivity index (χ4n) is 2.30. The van der Waals surface area contributed by atoms with Crippen LogP contribution in [0.1, 0.15) is 37.5 Å². The summed E-state index contributed by atoms with van der Waals surface area (Å²) >= 11 is 0. The summed E-state index contributed by atoms with van der Waals surface area (Å²) in [5, 5.41) is 8.84. The molecule has 2 rings (SSSR count). The predicted octanol–water partition coefficient (Wildman–Crippen LogP) is 3.32. The molecular formula is C14H17N. The monoisotopic (exact) mass is 199 g/mol. The maximum atomic E-state index is 8.84. The lowest BCUT2D eigenvalue weighted by atomic mass is 9.79. The third-order valence-electron chi connectivity index (χ3n) is 3.49. The van der Waals surface area contributed by atoms with Gasteiger partial charge in [0.05, 0.1) is 11.6 Å². The van der Waals surface area contributed by atoms with Gasteiger partial charge in [0.1, 0.15) is 0 Å². The van der Waals surface area contributed by atoms with E-state index in [2.05, 4.69) is 39.0 Å². The second kappa shape index (κ2) is 3.38. The summed E-state index contributed by atoms with van der Waals surface area (Å²) in [6.07, 6.45) is 2.30. The Morgan fingerprint density at radius 3 is 2.47 bits per heavy atom. The topological polar surface area (TPSA) is 23.8 Å². The Morgan fingerprint density at radius 2 is 1.87 bits per heavy atom. The van der Waals surface area contributed by atoms with Crippen LogP contribution in [0.2, 0.25) is 0 Å². The van der Waals surface area contributed by atoms with Crippen molar-refractivity contribution >= 4 is 0 Å². The predicted molar refractivity (Wildman–Crippen MR) is 61.5 cm³/mol. The fourth-order valence-corrected chi connectivity index (χ4v) is 2.30. The van der Waals surface area contributed by atoms with Crippen molar-refractivity contribution in [3.63, 3.8) is 0 Å². The van der Waals surface area contributed by atoms with Crippen molar-refractivity contribution in [2.45, 2.75) is 33.6 Å². The van der Waals surface area contributed by atoms with Gasteiger partial charge in [-0.2, -0.15) is 5.26 Å². The Kier molecular flexibility index (Phi) is 2.31. The summed E-state index contributed by atoms with van der Waals surface area (Å²) in [7, 11) is 0. The van der Waals surface area contributed by atoms with Crippen molar-refractivity contribution < 1.29 is 0 Å². The normalized spacial score (nSPS) is 19.7. The third kappa shape index (κ3) is 1.90. The van der Waals surface area contributed by atoms with Crippen LogP contribution in [-0.4, -0.2) is 0 Å². The van der Waals surface area contributed by atoms with Crippen molar-refractivity contribution in [1.29, 1.82) is 5.26 Å². The highest BCUT2D eigenvalue weighted by Crippen LogP contribution is 2.38. The van der Waals surface area contributed by atoms with Crippen molar-refractivity contribution in [3.05, 3.63) is 34.9 Å². The molecule has 0 bridgehead atoms. The van der Waals surface area contributed by atoms with E-state index in [1.807, 2.05) is 6.07 Å². The van der Waals surface area contributed by atoms with Crippen LogP contribution in [0.15, 0.2) is 18.2 Å². The van der Waals surface area contributed by atoms with E-state index >= 15 is 0 Å². The Morgan fingerprint density at radius 1 is 1.20 bits per heavy atom. The molecule has 0 fully saturated rings. The molecule has 0 N–H and O–H groups in total. The van der Waals surface area contributed by atoms with Crippen LogP contribution in [0, 0.1) is 22.7 Å². The lowest BCUT2D eigenvalue weighted by Gasteiger charge is -2.26. The van der Waals surface area contributed by atoms with E-state index in [1.54, 1.807) is 0 Å². The molecule has 0 saturated carbocycles. The van der Waals surface area contributed by atoms with Gasteiger partial charge in [-0.15, -0.1) is 0 Å². The lowest BCUT2D eigenvalue weighted by Crippen LogP contribution is -2.20. The van der Waals surface area contributed by atoms with Gasteiger partial charge < -0.3 is 0 Å². The molecule has 0 spiro atoms. The molecule has 1 nitrogen and oxygen atoms in total. The zero-order valence-electron chi connectivity index (χ0n) is 9.67. The highest BCUT2D eigenvalue weighted by atomic mass is 14.4. The third-order valence-corrected chi connectivity index (χ3v) is 3.49. The van der Waals surface area contributed by atoms with Gasteiger partial charge in [0.15, 0.2) is 0 Å². The number of hydrogen-bond acceptors (Lipinski definition) is 1. The van der Waals surface area contributed by atoms with Gasteiger partial charge in [-0.1, -0.05) is 26.8 Å². The van der Waals surface area contributed by atoms with Crippen molar-refractivity contribution in [2.75, 3.05) is 0 Å². The van der Waals surface area contributed by atoms with Crippen LogP contribution in [-0.2, 0) is 12.8 Å². The van der Waals surface area contributed by atoms with Crippen LogP contribution < -0.4 is 0 Å². The van der Waals surface area contributed by atoms with Gasteiger partial charge in [0, 0.05) is 0 Å². The Bertz CT molecular complexity index is 418. The van der Waals surface area contributed by atoms with Gasteiger partial charge in [0.25, 0.3) is 0 Å². The largest absolute Gasteiger partial charge is 0.192 e. The van der Waals surface area contributed by atoms with E-state index < -0.39 is 0 Å². The minimum absolute atomic E-state index is 0.367. The van der Waals surface area contributed by atoms with E-state index in [-0.39, 0.29) is 0 Å². The first kappa shape index (κ1) is 10.2. The second-order valence-electron chi connectivity index (χ2n) is 5.57. The SMILES string of the molecule is CC(C)(C)C1Cc2ccc(C#N)cc2C1. The molecule has 0 amide bonds.